The molecule has 1 aromatic carbocycles. The molecule has 3 fully saturated rings. The summed E-state index contributed by atoms with van der Waals surface area (Å²) in [6.07, 6.45) is 6.59. The SMILES string of the molecule is COc1ccc2c(c1)C[C@@H](C)[C@@H]1[C@@H]2CC[C@@]2(C)[C@@H]1CC[C@@]21CO1. The molecule has 0 radical (unpaired) electrons. The maximum Gasteiger partial charge on any atom is 0.119 e. The van der Waals surface area contributed by atoms with Crippen LogP contribution in [0.3, 0.4) is 0 Å². The van der Waals surface area contributed by atoms with Crippen LogP contribution in [0.5, 0.6) is 5.75 Å². The zero-order valence-corrected chi connectivity index (χ0v) is 14.6. The first kappa shape index (κ1) is 14.3. The molecule has 2 nitrogen and oxygen atoms in total. The molecule has 4 aliphatic rings. The second-order valence-electron chi connectivity index (χ2n) is 8.81. The molecule has 3 aliphatic carbocycles. The fraction of sp³-hybridized carbons (Fsp3) is 0.714. The molecular weight excluding hydrogens is 284 g/mol. The number of ether oxygens (including phenoxy) is 2. The third-order valence-electron chi connectivity index (χ3n) is 8.06. The number of hydrogen-bond donors (Lipinski definition) is 0. The Hall–Kier alpha value is -1.02. The van der Waals surface area contributed by atoms with Crippen LogP contribution in [0.4, 0.5) is 0 Å². The highest BCUT2D eigenvalue weighted by Gasteiger charge is 2.68. The van der Waals surface area contributed by atoms with Crippen LogP contribution in [-0.2, 0) is 11.2 Å². The van der Waals surface area contributed by atoms with Gasteiger partial charge in [0, 0.05) is 5.41 Å². The first-order chi connectivity index (χ1) is 11.1. The number of hydrogen-bond acceptors (Lipinski definition) is 2. The summed E-state index contributed by atoms with van der Waals surface area (Å²) >= 11 is 0. The zero-order chi connectivity index (χ0) is 15.8. The highest BCUT2D eigenvalue weighted by Crippen LogP contribution is 2.69. The molecule has 23 heavy (non-hydrogen) atoms. The molecule has 1 saturated heterocycles. The molecule has 0 amide bonds. The van der Waals surface area contributed by atoms with Gasteiger partial charge < -0.3 is 9.47 Å². The number of benzene rings is 1. The number of rotatable bonds is 1. The van der Waals surface area contributed by atoms with Gasteiger partial charge in [-0.15, -0.1) is 0 Å². The molecule has 1 aromatic rings. The van der Waals surface area contributed by atoms with Gasteiger partial charge in [0.1, 0.15) is 5.75 Å². The van der Waals surface area contributed by atoms with E-state index < -0.39 is 0 Å². The summed E-state index contributed by atoms with van der Waals surface area (Å²) in [6, 6.07) is 6.81. The zero-order valence-electron chi connectivity index (χ0n) is 14.6. The van der Waals surface area contributed by atoms with Crippen LogP contribution in [0.15, 0.2) is 18.2 Å². The van der Waals surface area contributed by atoms with Crippen molar-refractivity contribution in [3.63, 3.8) is 0 Å². The highest BCUT2D eigenvalue weighted by atomic mass is 16.6. The van der Waals surface area contributed by atoms with E-state index in [2.05, 4.69) is 32.0 Å². The van der Waals surface area contributed by atoms with Crippen LogP contribution < -0.4 is 4.74 Å². The van der Waals surface area contributed by atoms with Gasteiger partial charge in [-0.05, 0) is 79.0 Å². The van der Waals surface area contributed by atoms with Crippen molar-refractivity contribution >= 4 is 0 Å². The first-order valence-electron chi connectivity index (χ1n) is 9.39. The first-order valence-corrected chi connectivity index (χ1v) is 9.39. The lowest BCUT2D eigenvalue weighted by molar-refractivity contribution is -0.00695. The predicted octanol–water partition coefficient (Wildman–Crippen LogP) is 4.57. The monoisotopic (exact) mass is 312 g/mol. The van der Waals surface area contributed by atoms with Crippen LogP contribution in [0, 0.1) is 23.2 Å². The van der Waals surface area contributed by atoms with E-state index in [0.29, 0.717) is 5.41 Å². The van der Waals surface area contributed by atoms with E-state index in [0.717, 1.165) is 36.0 Å². The van der Waals surface area contributed by atoms with E-state index in [1.165, 1.54) is 37.7 Å². The molecule has 5 rings (SSSR count). The Morgan fingerprint density at radius 2 is 2.04 bits per heavy atom. The second kappa shape index (κ2) is 4.53. The Labute approximate surface area is 139 Å². The van der Waals surface area contributed by atoms with Gasteiger partial charge in [-0.1, -0.05) is 19.9 Å². The van der Waals surface area contributed by atoms with Crippen molar-refractivity contribution in [2.45, 2.75) is 57.5 Å². The van der Waals surface area contributed by atoms with Crippen LogP contribution in [-0.4, -0.2) is 19.3 Å². The Morgan fingerprint density at radius 3 is 2.78 bits per heavy atom. The molecule has 1 spiro atoms. The van der Waals surface area contributed by atoms with Crippen LogP contribution >= 0.6 is 0 Å². The molecule has 2 saturated carbocycles. The van der Waals surface area contributed by atoms with Gasteiger partial charge in [-0.25, -0.2) is 0 Å². The normalized spacial score (nSPS) is 46.9. The average Bonchev–Trinajstić information content (AvgIpc) is 3.28. The van der Waals surface area contributed by atoms with Gasteiger partial charge in [-0.3, -0.25) is 0 Å². The van der Waals surface area contributed by atoms with Gasteiger partial charge in [0.05, 0.1) is 19.3 Å². The van der Waals surface area contributed by atoms with Crippen molar-refractivity contribution in [1.29, 1.82) is 0 Å². The standard InChI is InChI=1S/C21H28O2/c1-13-10-14-11-15(22-3)4-5-16(14)17-6-8-20(2)18(19(13)17)7-9-21(20)12-23-21/h4-5,11,13,17-19H,6-10,12H2,1-3H3/t13-,17-,18-,19-,20+,21-/m1/s1. The van der Waals surface area contributed by atoms with E-state index in [1.54, 1.807) is 12.7 Å². The maximum atomic E-state index is 6.03. The molecule has 2 heteroatoms. The van der Waals surface area contributed by atoms with Crippen molar-refractivity contribution in [2.75, 3.05) is 13.7 Å². The minimum atomic E-state index is 0.266. The Morgan fingerprint density at radius 1 is 1.22 bits per heavy atom. The second-order valence-corrected chi connectivity index (χ2v) is 8.81. The fourth-order valence-corrected chi connectivity index (χ4v) is 6.74. The van der Waals surface area contributed by atoms with E-state index in [-0.39, 0.29) is 5.60 Å². The highest BCUT2D eigenvalue weighted by molar-refractivity contribution is 5.41. The molecule has 0 aromatic heterocycles. The average molecular weight is 312 g/mol. The molecular formula is C21H28O2. The molecule has 1 heterocycles. The Bertz CT molecular complexity index is 647. The Balaban J connectivity index is 1.55. The number of fused-ring (bicyclic) bond motifs is 6. The van der Waals surface area contributed by atoms with Crippen LogP contribution in [0.25, 0.3) is 0 Å². The third-order valence-corrected chi connectivity index (χ3v) is 8.06. The minimum Gasteiger partial charge on any atom is -0.497 e. The summed E-state index contributed by atoms with van der Waals surface area (Å²) in [4.78, 5) is 0. The lowest BCUT2D eigenvalue weighted by Crippen LogP contribution is -2.47. The molecule has 0 N–H and O–H groups in total. The summed E-state index contributed by atoms with van der Waals surface area (Å²) in [7, 11) is 1.77. The van der Waals surface area contributed by atoms with Crippen molar-refractivity contribution < 1.29 is 9.47 Å². The predicted molar refractivity (Wildman–Crippen MR) is 90.8 cm³/mol. The van der Waals surface area contributed by atoms with E-state index in [4.69, 9.17) is 9.47 Å². The summed E-state index contributed by atoms with van der Waals surface area (Å²) in [6.45, 7) is 6.06. The molecule has 6 atom stereocenters. The lowest BCUT2D eigenvalue weighted by Gasteiger charge is -2.52. The summed E-state index contributed by atoms with van der Waals surface area (Å²) in [5.74, 6) is 4.25. The lowest BCUT2D eigenvalue weighted by atomic mass is 9.52. The molecule has 0 bridgehead atoms. The van der Waals surface area contributed by atoms with Gasteiger partial charge >= 0.3 is 0 Å². The Kier molecular flexibility index (Phi) is 2.83. The maximum absolute atomic E-state index is 6.03. The quantitative estimate of drug-likeness (QED) is 0.709. The van der Waals surface area contributed by atoms with Crippen LogP contribution in [0.1, 0.15) is 56.6 Å². The fourth-order valence-electron chi connectivity index (χ4n) is 6.74. The molecule has 1 aliphatic heterocycles. The largest absolute Gasteiger partial charge is 0.497 e. The molecule has 0 unspecified atom stereocenters. The summed E-state index contributed by atoms with van der Waals surface area (Å²) < 4.78 is 11.5. The molecule has 124 valence electrons. The topological polar surface area (TPSA) is 21.8 Å². The number of epoxide rings is 1. The van der Waals surface area contributed by atoms with E-state index >= 15 is 0 Å². The van der Waals surface area contributed by atoms with Gasteiger partial charge in [0.2, 0.25) is 0 Å². The van der Waals surface area contributed by atoms with Gasteiger partial charge in [0.25, 0.3) is 0 Å². The minimum absolute atomic E-state index is 0.266. The van der Waals surface area contributed by atoms with Crippen molar-refractivity contribution in [2.24, 2.45) is 23.2 Å². The smallest absolute Gasteiger partial charge is 0.119 e. The van der Waals surface area contributed by atoms with E-state index in [1.807, 2.05) is 0 Å². The van der Waals surface area contributed by atoms with Crippen molar-refractivity contribution in [1.82, 2.24) is 0 Å². The van der Waals surface area contributed by atoms with Crippen molar-refractivity contribution in [3.05, 3.63) is 29.3 Å². The van der Waals surface area contributed by atoms with Crippen LogP contribution in [0.2, 0.25) is 0 Å². The number of methoxy groups -OCH3 is 1. The van der Waals surface area contributed by atoms with E-state index in [9.17, 15) is 0 Å². The summed E-state index contributed by atoms with van der Waals surface area (Å²) in [5.41, 5.74) is 3.86. The van der Waals surface area contributed by atoms with Gasteiger partial charge in [-0.2, -0.15) is 0 Å². The third kappa shape index (κ3) is 1.74. The van der Waals surface area contributed by atoms with Crippen molar-refractivity contribution in [3.8, 4) is 5.75 Å². The summed E-state index contributed by atoms with van der Waals surface area (Å²) in [5, 5.41) is 0. The van der Waals surface area contributed by atoms with Gasteiger partial charge in [0.15, 0.2) is 0 Å².